The first-order chi connectivity index (χ1) is 19.2. The van der Waals surface area contributed by atoms with Crippen LogP contribution < -0.4 is 14.2 Å². The van der Waals surface area contributed by atoms with Gasteiger partial charge in [-0.1, -0.05) is 62.4 Å². The standard InChI is InChI=1S/C32H37NO7/c1-6-28(40-25-15-11-8-12-16-25)26(20-24-13-9-7-10-14-24)22(3)38-32(36)21(2)19-27(35)30-31(39-23(4)34)29(37-5)17-18-33-30/h7-18,21-22,26,28H,6,19-20H2,1-5H3/t21-,22+,26+,28-/m1/s1. The van der Waals surface area contributed by atoms with E-state index in [0.717, 1.165) is 11.3 Å². The fourth-order valence-corrected chi connectivity index (χ4v) is 4.51. The number of ketones is 1. The minimum atomic E-state index is -0.763. The average molecular weight is 548 g/mol. The summed E-state index contributed by atoms with van der Waals surface area (Å²) in [7, 11) is 1.40. The Labute approximate surface area is 235 Å². The molecule has 0 saturated heterocycles. The lowest BCUT2D eigenvalue weighted by Gasteiger charge is -2.32. The Morgan fingerprint density at radius 2 is 1.57 bits per heavy atom. The summed E-state index contributed by atoms with van der Waals surface area (Å²) >= 11 is 0. The Hall–Kier alpha value is -4.20. The fourth-order valence-electron chi connectivity index (χ4n) is 4.51. The van der Waals surface area contributed by atoms with Crippen LogP contribution in [0.1, 0.15) is 56.6 Å². The van der Waals surface area contributed by atoms with Crippen LogP contribution in [0.25, 0.3) is 0 Å². The number of esters is 2. The number of Topliss-reactive ketones (excluding diaryl/α,β-unsaturated/α-hetero) is 1. The molecular weight excluding hydrogens is 510 g/mol. The molecule has 0 spiro atoms. The third kappa shape index (κ3) is 8.40. The van der Waals surface area contributed by atoms with Crippen molar-refractivity contribution in [3.05, 3.63) is 84.2 Å². The monoisotopic (exact) mass is 547 g/mol. The van der Waals surface area contributed by atoms with Crippen LogP contribution in [-0.2, 0) is 20.7 Å². The lowest BCUT2D eigenvalue weighted by molar-refractivity contribution is -0.157. The molecule has 2 aromatic carbocycles. The second kappa shape index (κ2) is 14.8. The molecule has 8 heteroatoms. The molecule has 0 saturated carbocycles. The first-order valence-corrected chi connectivity index (χ1v) is 13.4. The number of methoxy groups -OCH3 is 1. The molecule has 0 radical (unpaired) electrons. The predicted molar refractivity (Wildman–Crippen MR) is 151 cm³/mol. The van der Waals surface area contributed by atoms with Crippen LogP contribution >= 0.6 is 0 Å². The van der Waals surface area contributed by atoms with Crippen molar-refractivity contribution in [1.29, 1.82) is 0 Å². The van der Waals surface area contributed by atoms with Crippen molar-refractivity contribution in [2.45, 2.75) is 59.2 Å². The van der Waals surface area contributed by atoms with E-state index in [9.17, 15) is 14.4 Å². The molecular formula is C32H37NO7. The third-order valence-corrected chi connectivity index (χ3v) is 6.62. The summed E-state index contributed by atoms with van der Waals surface area (Å²) in [6.07, 6.45) is 1.85. The first-order valence-electron chi connectivity index (χ1n) is 13.4. The maximum absolute atomic E-state index is 13.2. The molecule has 4 atom stereocenters. The van der Waals surface area contributed by atoms with Gasteiger partial charge in [-0.05, 0) is 37.5 Å². The number of aromatic nitrogens is 1. The maximum Gasteiger partial charge on any atom is 0.309 e. The smallest absolute Gasteiger partial charge is 0.309 e. The molecule has 0 fully saturated rings. The van der Waals surface area contributed by atoms with Gasteiger partial charge in [-0.25, -0.2) is 4.98 Å². The van der Waals surface area contributed by atoms with Crippen molar-refractivity contribution in [2.24, 2.45) is 11.8 Å². The van der Waals surface area contributed by atoms with Gasteiger partial charge in [-0.2, -0.15) is 0 Å². The highest BCUT2D eigenvalue weighted by Crippen LogP contribution is 2.31. The summed E-state index contributed by atoms with van der Waals surface area (Å²) in [4.78, 5) is 42.0. The minimum absolute atomic E-state index is 0.0665. The molecule has 3 aromatic rings. The second-order valence-corrected chi connectivity index (χ2v) is 9.69. The third-order valence-electron chi connectivity index (χ3n) is 6.62. The van der Waals surface area contributed by atoms with E-state index in [1.165, 1.54) is 26.3 Å². The maximum atomic E-state index is 13.2. The van der Waals surface area contributed by atoms with Crippen molar-refractivity contribution in [3.8, 4) is 17.2 Å². The molecule has 0 aliphatic carbocycles. The zero-order valence-corrected chi connectivity index (χ0v) is 23.7. The van der Waals surface area contributed by atoms with Crippen LogP contribution in [0.4, 0.5) is 0 Å². The van der Waals surface area contributed by atoms with Gasteiger partial charge >= 0.3 is 11.9 Å². The highest BCUT2D eigenvalue weighted by atomic mass is 16.6. The SMILES string of the molecule is CC[C@@H](Oc1ccccc1)[C@@H](Cc1ccccc1)[C@H](C)OC(=O)[C@H](C)CC(=O)c1nccc(OC)c1OC(C)=O. The molecule has 0 N–H and O–H groups in total. The number of carbonyl (C=O) groups is 3. The van der Waals surface area contributed by atoms with E-state index >= 15 is 0 Å². The first kappa shape index (κ1) is 30.3. The molecule has 0 unspecified atom stereocenters. The Morgan fingerprint density at radius 3 is 2.17 bits per heavy atom. The minimum Gasteiger partial charge on any atom is -0.493 e. The highest BCUT2D eigenvalue weighted by molar-refractivity contribution is 5.99. The normalized spacial score (nSPS) is 13.8. The van der Waals surface area contributed by atoms with E-state index in [2.05, 4.69) is 4.98 Å². The van der Waals surface area contributed by atoms with Crippen molar-refractivity contribution in [2.75, 3.05) is 7.11 Å². The molecule has 1 aromatic heterocycles. The van der Waals surface area contributed by atoms with E-state index < -0.39 is 29.7 Å². The zero-order chi connectivity index (χ0) is 29.1. The number of carbonyl (C=O) groups excluding carboxylic acids is 3. The van der Waals surface area contributed by atoms with Crippen LogP contribution in [0, 0.1) is 11.8 Å². The lowest BCUT2D eigenvalue weighted by atomic mass is 9.88. The number of hydrogen-bond donors (Lipinski definition) is 0. The Morgan fingerprint density at radius 1 is 0.925 bits per heavy atom. The van der Waals surface area contributed by atoms with E-state index in [1.54, 1.807) is 6.92 Å². The van der Waals surface area contributed by atoms with Gasteiger partial charge in [0.2, 0.25) is 5.75 Å². The molecule has 212 valence electrons. The molecule has 0 aliphatic heterocycles. The van der Waals surface area contributed by atoms with Gasteiger partial charge < -0.3 is 18.9 Å². The van der Waals surface area contributed by atoms with Gasteiger partial charge in [0.25, 0.3) is 0 Å². The summed E-state index contributed by atoms with van der Waals surface area (Å²) in [5.41, 5.74) is 1.03. The summed E-state index contributed by atoms with van der Waals surface area (Å²) in [5, 5.41) is 0. The van der Waals surface area contributed by atoms with Crippen LogP contribution in [0.5, 0.6) is 17.2 Å². The Kier molecular flexibility index (Phi) is 11.2. The number of pyridine rings is 1. The van der Waals surface area contributed by atoms with Gasteiger partial charge in [0.15, 0.2) is 17.2 Å². The fraction of sp³-hybridized carbons (Fsp3) is 0.375. The van der Waals surface area contributed by atoms with Crippen molar-refractivity contribution >= 4 is 17.7 Å². The molecule has 40 heavy (non-hydrogen) atoms. The van der Waals surface area contributed by atoms with Crippen molar-refractivity contribution in [3.63, 3.8) is 0 Å². The summed E-state index contributed by atoms with van der Waals surface area (Å²) < 4.78 is 22.7. The summed E-state index contributed by atoms with van der Waals surface area (Å²) in [6, 6.07) is 21.1. The zero-order valence-electron chi connectivity index (χ0n) is 23.7. The van der Waals surface area contributed by atoms with Gasteiger partial charge in [-0.3, -0.25) is 14.4 Å². The quantitative estimate of drug-likeness (QED) is 0.182. The number of rotatable bonds is 14. The molecule has 3 rings (SSSR count). The van der Waals surface area contributed by atoms with Crippen molar-refractivity contribution < 1.29 is 33.3 Å². The predicted octanol–water partition coefficient (Wildman–Crippen LogP) is 5.87. The number of nitrogens with zero attached hydrogens (tertiary/aromatic N) is 1. The number of para-hydroxylation sites is 1. The summed E-state index contributed by atoms with van der Waals surface area (Å²) in [6.45, 7) is 6.75. The largest absolute Gasteiger partial charge is 0.493 e. The average Bonchev–Trinajstić information content (AvgIpc) is 2.95. The Balaban J connectivity index is 1.75. The highest BCUT2D eigenvalue weighted by Gasteiger charge is 2.32. The van der Waals surface area contributed by atoms with Crippen LogP contribution in [0.2, 0.25) is 0 Å². The van der Waals surface area contributed by atoms with Crippen LogP contribution in [0.3, 0.4) is 0 Å². The van der Waals surface area contributed by atoms with Gasteiger partial charge in [0.05, 0.1) is 13.0 Å². The van der Waals surface area contributed by atoms with E-state index in [1.807, 2.05) is 74.5 Å². The molecule has 0 amide bonds. The second-order valence-electron chi connectivity index (χ2n) is 9.69. The molecule has 0 aliphatic rings. The molecule has 8 nitrogen and oxygen atoms in total. The van der Waals surface area contributed by atoms with Gasteiger partial charge in [-0.15, -0.1) is 0 Å². The summed E-state index contributed by atoms with van der Waals surface area (Å²) in [5.74, 6) is -1.62. The van der Waals surface area contributed by atoms with Gasteiger partial charge in [0, 0.05) is 31.5 Å². The molecule has 0 bridgehead atoms. The van der Waals surface area contributed by atoms with Crippen LogP contribution in [0.15, 0.2) is 72.9 Å². The van der Waals surface area contributed by atoms with E-state index in [4.69, 9.17) is 18.9 Å². The van der Waals surface area contributed by atoms with E-state index in [-0.39, 0.29) is 35.6 Å². The number of benzene rings is 2. The Bertz CT molecular complexity index is 1260. The van der Waals surface area contributed by atoms with E-state index in [0.29, 0.717) is 12.8 Å². The number of ether oxygens (including phenoxy) is 4. The van der Waals surface area contributed by atoms with Crippen LogP contribution in [-0.4, -0.2) is 42.0 Å². The lowest BCUT2D eigenvalue weighted by Crippen LogP contribution is -2.39. The topological polar surface area (TPSA) is 101 Å². The van der Waals surface area contributed by atoms with Crippen molar-refractivity contribution in [1.82, 2.24) is 4.98 Å². The van der Waals surface area contributed by atoms with Gasteiger partial charge in [0.1, 0.15) is 18.0 Å². The molecule has 1 heterocycles. The number of hydrogen-bond acceptors (Lipinski definition) is 8.